The Morgan fingerprint density at radius 3 is 2.79 bits per heavy atom. The summed E-state index contributed by atoms with van der Waals surface area (Å²) in [6.45, 7) is 3.30. The highest BCUT2D eigenvalue weighted by Gasteiger charge is 2.31. The van der Waals surface area contributed by atoms with E-state index in [1.807, 2.05) is 42.2 Å². The molecule has 7 nitrogen and oxygen atoms in total. The molecule has 1 aliphatic heterocycles. The van der Waals surface area contributed by atoms with E-state index in [4.69, 9.17) is 0 Å². The first-order valence-corrected chi connectivity index (χ1v) is 13.8. The minimum absolute atomic E-state index is 0.0515. The molecule has 1 unspecified atom stereocenters. The molecular weight excluding hydrogens is 500 g/mol. The molecule has 206 valence electrons. The topological polar surface area (TPSA) is 79.3 Å². The molecule has 3 aromatic rings. The molecule has 9 heteroatoms. The summed E-state index contributed by atoms with van der Waals surface area (Å²) in [5.74, 6) is -0.854. The number of rotatable bonds is 9. The Kier molecular flexibility index (Phi) is 8.35. The zero-order valence-electron chi connectivity index (χ0n) is 22.2. The first-order chi connectivity index (χ1) is 18.9. The number of nitrogens with one attached hydrogen (secondary N) is 2. The number of fused-ring (bicyclic) bond motifs is 1. The molecule has 3 atom stereocenters. The zero-order chi connectivity index (χ0) is 27.4. The third-order valence-corrected chi connectivity index (χ3v) is 7.73. The van der Waals surface area contributed by atoms with E-state index in [0.29, 0.717) is 49.2 Å². The van der Waals surface area contributed by atoms with Crippen LogP contribution in [-0.2, 0) is 29.0 Å². The average molecular weight is 536 g/mol. The van der Waals surface area contributed by atoms with Gasteiger partial charge in [0.2, 0.25) is 11.8 Å². The van der Waals surface area contributed by atoms with Crippen molar-refractivity contribution < 1.29 is 18.4 Å². The summed E-state index contributed by atoms with van der Waals surface area (Å²) < 4.78 is 29.7. The molecular formula is C30H35F2N5O2. The van der Waals surface area contributed by atoms with Gasteiger partial charge in [-0.3, -0.25) is 9.59 Å². The molecule has 2 amide bonds. The summed E-state index contributed by atoms with van der Waals surface area (Å²) >= 11 is 0. The number of hydrogen-bond acceptors (Lipinski definition) is 4. The molecule has 0 spiro atoms. The molecule has 0 radical (unpaired) electrons. The number of piperidine rings is 1. The number of carbonyl (C=O) groups is 2. The van der Waals surface area contributed by atoms with Crippen molar-refractivity contribution in [1.82, 2.24) is 19.8 Å². The van der Waals surface area contributed by atoms with Crippen LogP contribution < -0.4 is 10.6 Å². The largest absolute Gasteiger partial charge is 0.337 e. The fourth-order valence-corrected chi connectivity index (χ4v) is 5.73. The van der Waals surface area contributed by atoms with Crippen molar-refractivity contribution in [2.75, 3.05) is 11.9 Å². The monoisotopic (exact) mass is 535 g/mol. The average Bonchev–Trinajstić information content (AvgIpc) is 3.38. The van der Waals surface area contributed by atoms with Crippen LogP contribution in [0.3, 0.4) is 0 Å². The van der Waals surface area contributed by atoms with E-state index in [1.165, 1.54) is 6.07 Å². The van der Waals surface area contributed by atoms with Gasteiger partial charge in [-0.1, -0.05) is 43.7 Å². The fourth-order valence-electron chi connectivity index (χ4n) is 5.73. The minimum Gasteiger partial charge on any atom is -0.337 e. The van der Waals surface area contributed by atoms with Crippen LogP contribution in [0.4, 0.5) is 14.6 Å². The Hall–Kier alpha value is -3.59. The Balaban J connectivity index is 1.21. The van der Waals surface area contributed by atoms with Crippen LogP contribution in [-0.4, -0.2) is 44.9 Å². The second-order valence-corrected chi connectivity index (χ2v) is 10.6. The lowest BCUT2D eigenvalue weighted by Crippen LogP contribution is -2.48. The van der Waals surface area contributed by atoms with Gasteiger partial charge in [-0.15, -0.1) is 0 Å². The van der Waals surface area contributed by atoms with Crippen LogP contribution in [0, 0.1) is 11.6 Å². The van der Waals surface area contributed by atoms with Gasteiger partial charge < -0.3 is 20.1 Å². The van der Waals surface area contributed by atoms with Crippen molar-refractivity contribution in [3.05, 3.63) is 83.3 Å². The quantitative estimate of drug-likeness (QED) is 0.414. The van der Waals surface area contributed by atoms with Crippen LogP contribution in [0.1, 0.15) is 61.8 Å². The van der Waals surface area contributed by atoms with Gasteiger partial charge in [-0.25, -0.2) is 13.8 Å². The second kappa shape index (κ2) is 12.1. The van der Waals surface area contributed by atoms with E-state index < -0.39 is 17.7 Å². The maximum Gasteiger partial charge on any atom is 0.245 e. The van der Waals surface area contributed by atoms with E-state index in [2.05, 4.69) is 15.6 Å². The number of hydrogen-bond donors (Lipinski definition) is 2. The molecule has 2 aromatic carbocycles. The van der Waals surface area contributed by atoms with Gasteiger partial charge in [0.15, 0.2) is 5.82 Å². The number of nitrogens with zero attached hydrogens (tertiary/aromatic N) is 3. The van der Waals surface area contributed by atoms with Gasteiger partial charge in [0.05, 0.1) is 12.4 Å². The van der Waals surface area contributed by atoms with Crippen molar-refractivity contribution in [3.63, 3.8) is 0 Å². The first-order valence-electron chi connectivity index (χ1n) is 13.8. The normalized spacial score (nSPS) is 20.0. The van der Waals surface area contributed by atoms with E-state index in [0.717, 1.165) is 37.4 Å². The van der Waals surface area contributed by atoms with Crippen molar-refractivity contribution in [2.24, 2.45) is 0 Å². The fraction of sp³-hybridized carbons (Fsp3) is 0.433. The van der Waals surface area contributed by atoms with Crippen LogP contribution in [0.5, 0.6) is 0 Å². The molecule has 0 saturated carbocycles. The smallest absolute Gasteiger partial charge is 0.245 e. The molecule has 1 aromatic heterocycles. The highest BCUT2D eigenvalue weighted by molar-refractivity contribution is 5.94. The van der Waals surface area contributed by atoms with Crippen molar-refractivity contribution >= 4 is 17.6 Å². The maximum absolute atomic E-state index is 14.4. The molecule has 1 saturated heterocycles. The number of aryl methyl sites for hydroxylation is 1. The Bertz CT molecular complexity index is 1310. The third-order valence-electron chi connectivity index (χ3n) is 7.73. The van der Waals surface area contributed by atoms with Gasteiger partial charge in [0.25, 0.3) is 0 Å². The summed E-state index contributed by atoms with van der Waals surface area (Å²) in [5, 5.41) is 6.30. The highest BCUT2D eigenvalue weighted by Crippen LogP contribution is 2.27. The maximum atomic E-state index is 14.4. The lowest BCUT2D eigenvalue weighted by molar-refractivity contribution is -0.138. The van der Waals surface area contributed by atoms with Gasteiger partial charge in [0.1, 0.15) is 17.7 Å². The summed E-state index contributed by atoms with van der Waals surface area (Å²) in [7, 11) is 0. The second-order valence-electron chi connectivity index (χ2n) is 10.6. The van der Waals surface area contributed by atoms with Gasteiger partial charge >= 0.3 is 0 Å². The summed E-state index contributed by atoms with van der Waals surface area (Å²) in [5.41, 5.74) is 2.32. The number of aromatic nitrogens is 2. The number of imidazole rings is 1. The molecule has 39 heavy (non-hydrogen) atoms. The SMILES string of the molecule is CCC[C@H](N[C@H]1CCc2cc(F)cc(F)c2C1)C(=O)Nc1cn(C2CCCN(Cc3ccccc3)C2=O)cn1. The molecule has 0 bridgehead atoms. The lowest BCUT2D eigenvalue weighted by atomic mass is 9.87. The summed E-state index contributed by atoms with van der Waals surface area (Å²) in [4.78, 5) is 32.7. The van der Waals surface area contributed by atoms with E-state index in [9.17, 15) is 18.4 Å². The molecule has 2 N–H and O–H groups in total. The predicted molar refractivity (Wildman–Crippen MR) is 145 cm³/mol. The number of carbonyl (C=O) groups excluding carboxylic acids is 2. The molecule has 1 fully saturated rings. The predicted octanol–water partition coefficient (Wildman–Crippen LogP) is 4.78. The Morgan fingerprint density at radius 1 is 1.18 bits per heavy atom. The number of anilines is 1. The summed E-state index contributed by atoms with van der Waals surface area (Å²) in [6, 6.07) is 11.3. The molecule has 5 rings (SSSR count). The van der Waals surface area contributed by atoms with Crippen LogP contribution >= 0.6 is 0 Å². The Morgan fingerprint density at radius 2 is 2.00 bits per heavy atom. The first kappa shape index (κ1) is 27.0. The van der Waals surface area contributed by atoms with E-state index in [-0.39, 0.29) is 23.9 Å². The summed E-state index contributed by atoms with van der Waals surface area (Å²) in [6.07, 6.45) is 7.99. The lowest BCUT2D eigenvalue weighted by Gasteiger charge is -2.32. The van der Waals surface area contributed by atoms with Crippen molar-refractivity contribution in [1.29, 1.82) is 0 Å². The van der Waals surface area contributed by atoms with E-state index in [1.54, 1.807) is 17.1 Å². The highest BCUT2D eigenvalue weighted by atomic mass is 19.1. The number of likely N-dealkylation sites (tertiary alicyclic amines) is 1. The van der Waals surface area contributed by atoms with Crippen molar-refractivity contribution in [2.45, 2.75) is 76.5 Å². The molecule has 2 heterocycles. The molecule has 1 aliphatic carbocycles. The number of amides is 2. The zero-order valence-corrected chi connectivity index (χ0v) is 22.2. The Labute approximate surface area is 227 Å². The number of benzene rings is 2. The van der Waals surface area contributed by atoms with Gasteiger partial charge in [-0.2, -0.15) is 0 Å². The van der Waals surface area contributed by atoms with Crippen LogP contribution in [0.2, 0.25) is 0 Å². The minimum atomic E-state index is -0.556. The van der Waals surface area contributed by atoms with Crippen LogP contribution in [0.25, 0.3) is 0 Å². The van der Waals surface area contributed by atoms with E-state index >= 15 is 0 Å². The van der Waals surface area contributed by atoms with Gasteiger partial charge in [0, 0.05) is 31.4 Å². The number of halogens is 2. The van der Waals surface area contributed by atoms with Crippen LogP contribution in [0.15, 0.2) is 55.0 Å². The van der Waals surface area contributed by atoms with Crippen molar-refractivity contribution in [3.8, 4) is 0 Å². The van der Waals surface area contributed by atoms with Gasteiger partial charge in [-0.05, 0) is 61.3 Å². The standard InChI is InChI=1S/C30H35F2N5O2/c1-2-7-26(34-23-12-11-21-14-22(31)15-25(32)24(21)16-23)29(38)35-28-18-37(19-33-28)27-10-6-13-36(30(27)39)17-20-8-4-3-5-9-20/h3-5,8-9,14-15,18-19,23,26-27,34H,2,6-7,10-13,16-17H2,1H3,(H,35,38)/t23-,26-,27?/m0/s1. The molecule has 2 aliphatic rings. The third kappa shape index (κ3) is 6.36.